The number of nitrogens with one attached hydrogen (secondary N) is 3. The van der Waals surface area contributed by atoms with Gasteiger partial charge in [0.15, 0.2) is 0 Å². The molecule has 0 fully saturated rings. The fraction of sp³-hybridized carbons (Fsp3) is 0.344. The van der Waals surface area contributed by atoms with Gasteiger partial charge >= 0.3 is 6.03 Å². The molecule has 2 aromatic carbocycles. The Bertz CT molecular complexity index is 1310. The van der Waals surface area contributed by atoms with E-state index in [4.69, 9.17) is 10.9 Å². The molecule has 0 saturated heterocycles. The molecule has 3 unspecified atom stereocenters. The van der Waals surface area contributed by atoms with Crippen molar-refractivity contribution in [3.8, 4) is 0 Å². The SMILES string of the molecule is CCC(NC(=O)N(Cc1ccc(C(=O)NC(=N)N=[NH2+])cc1)C1=CC(C)C(C2=CCCCC2)C=C1)c1ccccc1. The van der Waals surface area contributed by atoms with Crippen molar-refractivity contribution in [2.75, 3.05) is 0 Å². The lowest BCUT2D eigenvalue weighted by molar-refractivity contribution is -0.207. The molecule has 5 N–H and O–H groups in total. The maximum absolute atomic E-state index is 13.8. The number of benzene rings is 2. The van der Waals surface area contributed by atoms with Crippen molar-refractivity contribution in [3.05, 3.63) is 107 Å². The summed E-state index contributed by atoms with van der Waals surface area (Å²) >= 11 is 0. The van der Waals surface area contributed by atoms with Crippen LogP contribution in [0.5, 0.6) is 0 Å². The number of hydrogen-bond donors (Lipinski definition) is 4. The summed E-state index contributed by atoms with van der Waals surface area (Å²) in [5.41, 5.74) is 9.72. The van der Waals surface area contributed by atoms with Crippen LogP contribution in [0.3, 0.4) is 0 Å². The van der Waals surface area contributed by atoms with Crippen molar-refractivity contribution in [1.82, 2.24) is 15.5 Å². The molecule has 4 rings (SSSR count). The number of amides is 3. The van der Waals surface area contributed by atoms with Crippen molar-refractivity contribution in [3.63, 3.8) is 0 Å². The zero-order valence-electron chi connectivity index (χ0n) is 23.3. The first kappa shape index (κ1) is 28.7. The van der Waals surface area contributed by atoms with E-state index in [9.17, 15) is 9.59 Å². The van der Waals surface area contributed by atoms with Gasteiger partial charge in [0.25, 0.3) is 11.9 Å². The fourth-order valence-electron chi connectivity index (χ4n) is 5.38. The summed E-state index contributed by atoms with van der Waals surface area (Å²) in [5, 5.41) is 16.2. The van der Waals surface area contributed by atoms with Gasteiger partial charge in [-0.2, -0.15) is 0 Å². The molecule has 2 aromatic rings. The Morgan fingerprint density at radius 2 is 1.88 bits per heavy atom. The van der Waals surface area contributed by atoms with E-state index in [2.05, 4.69) is 53.9 Å². The molecular weight excluding hydrogens is 500 g/mol. The molecule has 2 aliphatic carbocycles. The van der Waals surface area contributed by atoms with Crippen molar-refractivity contribution in [2.24, 2.45) is 17.0 Å². The van der Waals surface area contributed by atoms with E-state index < -0.39 is 11.9 Å². The molecule has 8 nitrogen and oxygen atoms in total. The Morgan fingerprint density at radius 3 is 2.50 bits per heavy atom. The summed E-state index contributed by atoms with van der Waals surface area (Å²) in [6.45, 7) is 4.62. The van der Waals surface area contributed by atoms with E-state index in [-0.39, 0.29) is 18.0 Å². The van der Waals surface area contributed by atoms with Gasteiger partial charge in [0.1, 0.15) is 0 Å². The summed E-state index contributed by atoms with van der Waals surface area (Å²) in [5.74, 6) is -0.249. The van der Waals surface area contributed by atoms with Gasteiger partial charge in [0.2, 0.25) is 0 Å². The second-order valence-corrected chi connectivity index (χ2v) is 10.4. The van der Waals surface area contributed by atoms with Crippen LogP contribution in [0, 0.1) is 17.2 Å². The summed E-state index contributed by atoms with van der Waals surface area (Å²) in [6.07, 6.45) is 14.5. The van der Waals surface area contributed by atoms with E-state index in [1.807, 2.05) is 42.5 Å². The van der Waals surface area contributed by atoms with E-state index in [1.54, 1.807) is 17.0 Å². The Balaban J connectivity index is 1.57. The third-order valence-electron chi connectivity index (χ3n) is 7.61. The van der Waals surface area contributed by atoms with Gasteiger partial charge in [0.05, 0.1) is 12.6 Å². The summed E-state index contributed by atoms with van der Waals surface area (Å²) in [4.78, 5) is 27.9. The second-order valence-electron chi connectivity index (χ2n) is 10.4. The first-order valence-corrected chi connectivity index (χ1v) is 14.0. The van der Waals surface area contributed by atoms with Crippen molar-refractivity contribution in [2.45, 2.75) is 58.5 Å². The van der Waals surface area contributed by atoms with E-state index in [0.29, 0.717) is 18.0 Å². The number of hydrogen-bond acceptors (Lipinski definition) is 3. The molecule has 0 radical (unpaired) electrons. The smallest absolute Gasteiger partial charge is 0.322 e. The maximum Gasteiger partial charge on any atom is 0.322 e. The summed E-state index contributed by atoms with van der Waals surface area (Å²) < 4.78 is 0. The van der Waals surface area contributed by atoms with Gasteiger partial charge in [-0.25, -0.2) is 4.79 Å². The molecule has 2 aliphatic rings. The molecule has 0 aliphatic heterocycles. The minimum atomic E-state index is -0.469. The Labute approximate surface area is 236 Å². The predicted octanol–water partition coefficient (Wildman–Crippen LogP) is 5.43. The Hall–Kier alpha value is -4.33. The molecule has 0 saturated carbocycles. The third kappa shape index (κ3) is 7.20. The van der Waals surface area contributed by atoms with Crippen LogP contribution in [0.1, 0.15) is 73.5 Å². The molecule has 0 aromatic heterocycles. The van der Waals surface area contributed by atoms with Crippen molar-refractivity contribution in [1.29, 1.82) is 5.41 Å². The van der Waals surface area contributed by atoms with Crippen LogP contribution in [0.2, 0.25) is 0 Å². The molecule has 208 valence electrons. The van der Waals surface area contributed by atoms with Crippen LogP contribution in [-0.4, -0.2) is 22.8 Å². The van der Waals surface area contributed by atoms with Crippen LogP contribution in [0.25, 0.3) is 0 Å². The molecule has 40 heavy (non-hydrogen) atoms. The van der Waals surface area contributed by atoms with Crippen LogP contribution in [0.4, 0.5) is 4.79 Å². The highest BCUT2D eigenvalue weighted by Crippen LogP contribution is 2.35. The van der Waals surface area contributed by atoms with Crippen LogP contribution < -0.4 is 16.2 Å². The van der Waals surface area contributed by atoms with Gasteiger partial charge in [-0.1, -0.05) is 80.1 Å². The minimum Gasteiger partial charge on any atom is -0.331 e. The lowest BCUT2D eigenvalue weighted by Gasteiger charge is -2.32. The van der Waals surface area contributed by atoms with Gasteiger partial charge in [0, 0.05) is 22.3 Å². The molecular formula is C32H39N6O2+. The van der Waals surface area contributed by atoms with Gasteiger partial charge < -0.3 is 5.32 Å². The quantitative estimate of drug-likeness (QED) is 0.155. The normalized spacial score (nSPS) is 19.1. The number of guanidine groups is 1. The maximum atomic E-state index is 13.8. The monoisotopic (exact) mass is 539 g/mol. The number of urea groups is 1. The highest BCUT2D eigenvalue weighted by molar-refractivity contribution is 6.04. The van der Waals surface area contributed by atoms with Gasteiger partial charge in [-0.05, 0) is 67.4 Å². The zero-order valence-corrected chi connectivity index (χ0v) is 23.3. The van der Waals surface area contributed by atoms with Crippen LogP contribution in [-0.2, 0) is 6.54 Å². The molecule has 3 atom stereocenters. The van der Waals surface area contributed by atoms with Crippen molar-refractivity contribution < 1.29 is 15.1 Å². The molecule has 0 spiro atoms. The number of carbonyl (C=O) groups is 2. The average molecular weight is 540 g/mol. The molecule has 3 amide bonds. The number of allylic oxidation sites excluding steroid dienone is 5. The highest BCUT2D eigenvalue weighted by atomic mass is 16.2. The van der Waals surface area contributed by atoms with E-state index >= 15 is 0 Å². The molecule has 0 heterocycles. The number of nitrogens with zero attached hydrogens (tertiary/aromatic N) is 2. The first-order valence-electron chi connectivity index (χ1n) is 14.0. The lowest BCUT2D eigenvalue weighted by Crippen LogP contribution is -2.41. The number of nitrogens with two attached hydrogens (primary N) is 1. The van der Waals surface area contributed by atoms with E-state index in [0.717, 1.165) is 36.1 Å². The summed E-state index contributed by atoms with van der Waals surface area (Å²) in [7, 11) is 0. The molecule has 8 heteroatoms. The van der Waals surface area contributed by atoms with E-state index in [1.165, 1.54) is 18.4 Å². The van der Waals surface area contributed by atoms with Gasteiger partial charge in [-0.15, -0.1) is 5.53 Å². The zero-order chi connectivity index (χ0) is 28.5. The average Bonchev–Trinajstić information content (AvgIpc) is 2.99. The number of carbonyl (C=O) groups excluding carboxylic acids is 2. The fourth-order valence-corrected chi connectivity index (χ4v) is 5.38. The minimum absolute atomic E-state index is 0.115. The van der Waals surface area contributed by atoms with Crippen LogP contribution in [0.15, 0.2) is 95.3 Å². The Kier molecular flexibility index (Phi) is 9.78. The lowest BCUT2D eigenvalue weighted by atomic mass is 9.79. The summed E-state index contributed by atoms with van der Waals surface area (Å²) in [6, 6.07) is 16.7. The standard InChI is InChI=1S/C32H38N6O2/c1-3-29(25-12-8-5-9-13-25)35-32(40)38(21-23-14-16-26(17-15-23)30(39)36-31(33)37-34)27-18-19-28(22(2)20-27)24-10-6-4-7-11-24/h5,8-10,12-20,22,28-29,34H,3-4,6-7,11,21H2,1-2H3,(H,35,40)(H2,33,36,39)/p+1. The molecule has 0 bridgehead atoms. The van der Waals surface area contributed by atoms with Gasteiger partial charge in [-0.3, -0.25) is 20.4 Å². The number of rotatable bonds is 8. The predicted molar refractivity (Wildman–Crippen MR) is 156 cm³/mol. The van der Waals surface area contributed by atoms with Crippen molar-refractivity contribution >= 4 is 17.9 Å². The first-order chi connectivity index (χ1) is 19.4. The second kappa shape index (κ2) is 13.6. The third-order valence-corrected chi connectivity index (χ3v) is 7.61. The highest BCUT2D eigenvalue weighted by Gasteiger charge is 2.27. The Morgan fingerprint density at radius 1 is 1.12 bits per heavy atom. The topological polar surface area (TPSA) is 123 Å². The largest absolute Gasteiger partial charge is 0.331 e. The van der Waals surface area contributed by atoms with Crippen LogP contribution >= 0.6 is 0 Å².